The Kier molecular flexibility index (Phi) is 4.77. The Morgan fingerprint density at radius 1 is 1.12 bits per heavy atom. The molecule has 3 heteroatoms. The third-order valence-electron chi connectivity index (χ3n) is 5.95. The molecule has 2 heterocycles. The molecule has 1 aliphatic heterocycles. The van der Waals surface area contributed by atoms with Crippen molar-refractivity contribution in [2.24, 2.45) is 5.41 Å². The molecule has 25 heavy (non-hydrogen) atoms. The highest BCUT2D eigenvalue weighted by molar-refractivity contribution is 5.66. The Balaban J connectivity index is 2.03. The molecular formula is C22H31N3. The molecule has 0 bridgehead atoms. The molecule has 1 atom stereocenters. The summed E-state index contributed by atoms with van der Waals surface area (Å²) in [5.41, 5.74) is 4.74. The Bertz CT molecular complexity index is 718. The van der Waals surface area contributed by atoms with Crippen molar-refractivity contribution in [2.45, 2.75) is 53.0 Å². The second-order valence-corrected chi connectivity index (χ2v) is 8.08. The molecule has 0 amide bonds. The van der Waals surface area contributed by atoms with Crippen LogP contribution in [0.5, 0.6) is 0 Å². The van der Waals surface area contributed by atoms with Crippen LogP contribution in [0.3, 0.4) is 0 Å². The van der Waals surface area contributed by atoms with Crippen LogP contribution in [0.2, 0.25) is 0 Å². The first-order valence-electron chi connectivity index (χ1n) is 9.45. The van der Waals surface area contributed by atoms with E-state index in [1.165, 1.54) is 16.8 Å². The summed E-state index contributed by atoms with van der Waals surface area (Å²) in [6.45, 7) is 14.8. The van der Waals surface area contributed by atoms with Crippen LogP contribution in [0.1, 0.15) is 52.2 Å². The van der Waals surface area contributed by atoms with Gasteiger partial charge in [0.25, 0.3) is 0 Å². The summed E-state index contributed by atoms with van der Waals surface area (Å²) in [4.78, 5) is 6.95. The summed E-state index contributed by atoms with van der Waals surface area (Å²) in [5.74, 6) is 0.934. The van der Waals surface area contributed by atoms with Crippen molar-refractivity contribution >= 4 is 11.5 Å². The quantitative estimate of drug-likeness (QED) is 0.810. The van der Waals surface area contributed by atoms with E-state index in [-0.39, 0.29) is 10.8 Å². The fourth-order valence-corrected chi connectivity index (χ4v) is 4.41. The molecule has 0 fully saturated rings. The van der Waals surface area contributed by atoms with Gasteiger partial charge < -0.3 is 10.2 Å². The Labute approximate surface area is 152 Å². The standard InChI is InChI=1S/C22H31N3/c1-6-22(21(3,4)5)16-25(7-2)18-12-10-11-17(20(18)22)15-24-19-13-8-9-14-23-19/h8-14H,6-7,15-16H2,1-5H3,(H,23,24). The van der Waals surface area contributed by atoms with Crippen molar-refractivity contribution in [3.8, 4) is 0 Å². The van der Waals surface area contributed by atoms with Crippen molar-refractivity contribution in [1.82, 2.24) is 4.98 Å². The van der Waals surface area contributed by atoms with E-state index in [0.29, 0.717) is 0 Å². The summed E-state index contributed by atoms with van der Waals surface area (Å²) in [6.07, 6.45) is 2.99. The third-order valence-corrected chi connectivity index (χ3v) is 5.95. The maximum atomic E-state index is 4.40. The van der Waals surface area contributed by atoms with Gasteiger partial charge in [0.2, 0.25) is 0 Å². The normalized spacial score (nSPS) is 19.8. The molecule has 1 unspecified atom stereocenters. The number of rotatable bonds is 5. The molecule has 0 saturated carbocycles. The van der Waals surface area contributed by atoms with E-state index in [2.05, 4.69) is 68.0 Å². The zero-order valence-corrected chi connectivity index (χ0v) is 16.3. The number of fused-ring (bicyclic) bond motifs is 1. The molecule has 1 aliphatic rings. The van der Waals surface area contributed by atoms with Gasteiger partial charge in [0, 0.05) is 36.9 Å². The van der Waals surface area contributed by atoms with Gasteiger partial charge in [0.1, 0.15) is 5.82 Å². The molecule has 2 aromatic rings. The first kappa shape index (κ1) is 17.8. The van der Waals surface area contributed by atoms with Gasteiger partial charge in [-0.25, -0.2) is 4.98 Å². The highest BCUT2D eigenvalue weighted by Crippen LogP contribution is 2.54. The third kappa shape index (κ3) is 3.01. The predicted octanol–water partition coefficient (Wildman–Crippen LogP) is 5.23. The van der Waals surface area contributed by atoms with E-state index in [9.17, 15) is 0 Å². The van der Waals surface area contributed by atoms with Gasteiger partial charge in [-0.1, -0.05) is 45.9 Å². The minimum atomic E-state index is 0.181. The number of anilines is 2. The number of benzene rings is 1. The summed E-state index contributed by atoms with van der Waals surface area (Å²) in [6, 6.07) is 12.8. The molecule has 0 radical (unpaired) electrons. The summed E-state index contributed by atoms with van der Waals surface area (Å²) in [5, 5.41) is 3.51. The lowest BCUT2D eigenvalue weighted by Gasteiger charge is -2.43. The monoisotopic (exact) mass is 337 g/mol. The molecule has 0 aliphatic carbocycles. The molecule has 1 aromatic heterocycles. The molecular weight excluding hydrogens is 306 g/mol. The number of likely N-dealkylation sites (N-methyl/N-ethyl adjacent to an activating group) is 1. The number of aromatic nitrogens is 1. The predicted molar refractivity (Wildman–Crippen MR) is 107 cm³/mol. The lowest BCUT2D eigenvalue weighted by Crippen LogP contribution is -2.44. The average Bonchev–Trinajstić information content (AvgIpc) is 2.96. The van der Waals surface area contributed by atoms with Gasteiger partial charge >= 0.3 is 0 Å². The fourth-order valence-electron chi connectivity index (χ4n) is 4.41. The topological polar surface area (TPSA) is 28.2 Å². The van der Waals surface area contributed by atoms with E-state index in [0.717, 1.165) is 31.9 Å². The molecule has 3 rings (SSSR count). The van der Waals surface area contributed by atoms with Crippen LogP contribution in [0.15, 0.2) is 42.6 Å². The molecule has 1 aromatic carbocycles. The lowest BCUT2D eigenvalue weighted by atomic mass is 9.61. The average molecular weight is 338 g/mol. The summed E-state index contributed by atoms with van der Waals surface area (Å²) in [7, 11) is 0. The van der Waals surface area contributed by atoms with Crippen LogP contribution in [0, 0.1) is 5.41 Å². The Morgan fingerprint density at radius 3 is 2.52 bits per heavy atom. The number of nitrogens with zero attached hydrogens (tertiary/aromatic N) is 2. The molecule has 1 N–H and O–H groups in total. The van der Waals surface area contributed by atoms with Crippen LogP contribution in [-0.4, -0.2) is 18.1 Å². The zero-order chi connectivity index (χ0) is 18.1. The Hall–Kier alpha value is -2.03. The van der Waals surface area contributed by atoms with E-state index < -0.39 is 0 Å². The second kappa shape index (κ2) is 6.70. The number of nitrogens with one attached hydrogen (secondary N) is 1. The van der Waals surface area contributed by atoms with Gasteiger partial charge in [-0.3, -0.25) is 0 Å². The van der Waals surface area contributed by atoms with Crippen LogP contribution in [-0.2, 0) is 12.0 Å². The van der Waals surface area contributed by atoms with Gasteiger partial charge in [0.15, 0.2) is 0 Å². The first-order chi connectivity index (χ1) is 11.9. The maximum Gasteiger partial charge on any atom is 0.126 e. The van der Waals surface area contributed by atoms with Crippen molar-refractivity contribution < 1.29 is 0 Å². The highest BCUT2D eigenvalue weighted by atomic mass is 15.2. The van der Waals surface area contributed by atoms with E-state index in [4.69, 9.17) is 0 Å². The van der Waals surface area contributed by atoms with Gasteiger partial charge in [0.05, 0.1) is 0 Å². The zero-order valence-electron chi connectivity index (χ0n) is 16.3. The first-order valence-corrected chi connectivity index (χ1v) is 9.45. The van der Waals surface area contributed by atoms with Crippen LogP contribution >= 0.6 is 0 Å². The Morgan fingerprint density at radius 2 is 1.92 bits per heavy atom. The van der Waals surface area contributed by atoms with E-state index in [1.54, 1.807) is 0 Å². The second-order valence-electron chi connectivity index (χ2n) is 8.08. The van der Waals surface area contributed by atoms with Crippen molar-refractivity contribution in [3.63, 3.8) is 0 Å². The van der Waals surface area contributed by atoms with Gasteiger partial charge in [-0.2, -0.15) is 0 Å². The number of pyridine rings is 1. The molecule has 0 spiro atoms. The largest absolute Gasteiger partial charge is 0.371 e. The van der Waals surface area contributed by atoms with Crippen molar-refractivity contribution in [3.05, 3.63) is 53.7 Å². The molecule has 0 saturated heterocycles. The highest BCUT2D eigenvalue weighted by Gasteiger charge is 2.49. The van der Waals surface area contributed by atoms with Crippen molar-refractivity contribution in [2.75, 3.05) is 23.3 Å². The van der Waals surface area contributed by atoms with Crippen LogP contribution in [0.4, 0.5) is 11.5 Å². The van der Waals surface area contributed by atoms with Crippen LogP contribution < -0.4 is 10.2 Å². The lowest BCUT2D eigenvalue weighted by molar-refractivity contribution is 0.189. The maximum absolute atomic E-state index is 4.40. The minimum absolute atomic E-state index is 0.181. The summed E-state index contributed by atoms with van der Waals surface area (Å²) < 4.78 is 0. The number of hydrogen-bond donors (Lipinski definition) is 1. The van der Waals surface area contributed by atoms with Crippen molar-refractivity contribution in [1.29, 1.82) is 0 Å². The number of hydrogen-bond acceptors (Lipinski definition) is 3. The molecule has 3 nitrogen and oxygen atoms in total. The fraction of sp³-hybridized carbons (Fsp3) is 0.500. The van der Waals surface area contributed by atoms with Crippen LogP contribution in [0.25, 0.3) is 0 Å². The smallest absolute Gasteiger partial charge is 0.126 e. The minimum Gasteiger partial charge on any atom is -0.371 e. The molecule has 134 valence electrons. The SMILES string of the molecule is CCN1CC(CC)(C(C)(C)C)c2c(CNc3ccccn3)cccc21. The summed E-state index contributed by atoms with van der Waals surface area (Å²) >= 11 is 0. The van der Waals surface area contributed by atoms with E-state index >= 15 is 0 Å². The van der Waals surface area contributed by atoms with Gasteiger partial charge in [-0.15, -0.1) is 0 Å². The van der Waals surface area contributed by atoms with Gasteiger partial charge in [-0.05, 0) is 48.1 Å². The van der Waals surface area contributed by atoms with E-state index in [1.807, 2.05) is 24.4 Å².